The van der Waals surface area contributed by atoms with Crippen molar-refractivity contribution in [3.05, 3.63) is 41.5 Å². The van der Waals surface area contributed by atoms with Gasteiger partial charge in [0.1, 0.15) is 11.6 Å². The number of halogens is 2. The van der Waals surface area contributed by atoms with Crippen molar-refractivity contribution in [3.63, 3.8) is 0 Å². The summed E-state index contributed by atoms with van der Waals surface area (Å²) in [5, 5.41) is 8.76. The summed E-state index contributed by atoms with van der Waals surface area (Å²) in [6.07, 6.45) is 1.96. The van der Waals surface area contributed by atoms with Crippen molar-refractivity contribution in [2.75, 3.05) is 5.75 Å². The normalized spacial score (nSPS) is 11.6. The minimum atomic E-state index is -0.965. The smallest absolute Gasteiger partial charge is 0.331 e. The van der Waals surface area contributed by atoms with E-state index in [2.05, 4.69) is 0 Å². The summed E-state index contributed by atoms with van der Waals surface area (Å²) >= 11 is 1.14. The Bertz CT molecular complexity index is 444. The van der Waals surface area contributed by atoms with Gasteiger partial charge in [-0.05, 0) is 18.6 Å². The quantitative estimate of drug-likeness (QED) is 0.649. The van der Waals surface area contributed by atoms with Crippen LogP contribution >= 0.6 is 11.8 Å². The molecule has 1 aromatic rings. The molecule has 0 radical (unpaired) electrons. The van der Waals surface area contributed by atoms with Gasteiger partial charge in [0.2, 0.25) is 0 Å². The van der Waals surface area contributed by atoms with E-state index in [1.54, 1.807) is 6.92 Å². The van der Waals surface area contributed by atoms with Crippen LogP contribution in [-0.4, -0.2) is 16.8 Å². The van der Waals surface area contributed by atoms with Gasteiger partial charge >= 0.3 is 5.97 Å². The van der Waals surface area contributed by atoms with Gasteiger partial charge in [-0.2, -0.15) is 0 Å². The second-order valence-electron chi connectivity index (χ2n) is 3.27. The highest BCUT2D eigenvalue weighted by Gasteiger charge is 2.06. The lowest BCUT2D eigenvalue weighted by molar-refractivity contribution is -0.132. The molecule has 92 valence electrons. The van der Waals surface area contributed by atoms with Gasteiger partial charge in [0, 0.05) is 22.3 Å². The fourth-order valence-corrected chi connectivity index (χ4v) is 2.03. The molecule has 0 aromatic heterocycles. The maximum atomic E-state index is 13.2. The molecule has 0 atom stereocenters. The van der Waals surface area contributed by atoms with Gasteiger partial charge in [-0.25, -0.2) is 13.6 Å². The molecule has 17 heavy (non-hydrogen) atoms. The number of carboxylic acid groups (broad SMARTS) is 1. The van der Waals surface area contributed by atoms with E-state index in [9.17, 15) is 13.6 Å². The number of hydrogen-bond acceptors (Lipinski definition) is 2. The Balaban J connectivity index is 2.65. The van der Waals surface area contributed by atoms with Crippen LogP contribution in [0.4, 0.5) is 8.78 Å². The van der Waals surface area contributed by atoms with E-state index in [0.717, 1.165) is 17.8 Å². The van der Waals surface area contributed by atoms with Gasteiger partial charge in [0.25, 0.3) is 0 Å². The average molecular weight is 258 g/mol. The highest BCUT2D eigenvalue weighted by molar-refractivity contribution is 7.99. The van der Waals surface area contributed by atoms with Gasteiger partial charge in [0.05, 0.1) is 0 Å². The highest BCUT2D eigenvalue weighted by Crippen LogP contribution is 2.22. The van der Waals surface area contributed by atoms with Gasteiger partial charge in [-0.1, -0.05) is 13.0 Å². The Kier molecular flexibility index (Phi) is 5.15. The molecule has 5 heteroatoms. The third-order valence-corrected chi connectivity index (χ3v) is 3.09. The Hall–Kier alpha value is -1.36. The molecule has 0 aliphatic heterocycles. The Morgan fingerprint density at radius 3 is 2.71 bits per heavy atom. The second kappa shape index (κ2) is 6.39. The van der Waals surface area contributed by atoms with E-state index in [1.807, 2.05) is 0 Å². The largest absolute Gasteiger partial charge is 0.478 e. The topological polar surface area (TPSA) is 37.3 Å². The zero-order chi connectivity index (χ0) is 12.8. The molecule has 1 aromatic carbocycles. The summed E-state index contributed by atoms with van der Waals surface area (Å²) in [7, 11) is 0. The lowest BCUT2D eigenvalue weighted by Gasteiger charge is -2.01. The van der Waals surface area contributed by atoms with Crippen LogP contribution in [0.5, 0.6) is 0 Å². The van der Waals surface area contributed by atoms with E-state index in [0.29, 0.717) is 22.6 Å². The maximum Gasteiger partial charge on any atom is 0.331 e. The van der Waals surface area contributed by atoms with Crippen molar-refractivity contribution in [1.82, 2.24) is 0 Å². The van der Waals surface area contributed by atoms with Crippen LogP contribution in [0.1, 0.15) is 13.3 Å². The fourth-order valence-electron chi connectivity index (χ4n) is 1.21. The molecule has 0 unspecified atom stereocenters. The number of rotatable bonds is 5. The standard InChI is InChI=1S/C12H12F2O2S/c1-2-8(12(15)16)5-6-17-11-4-3-9(13)7-10(11)14/h3-5,7H,2,6H2,1H3,(H,15,16). The van der Waals surface area contributed by atoms with Gasteiger partial charge in [-0.3, -0.25) is 0 Å². The predicted octanol–water partition coefficient (Wildman–Crippen LogP) is 3.48. The van der Waals surface area contributed by atoms with Crippen molar-refractivity contribution in [3.8, 4) is 0 Å². The highest BCUT2D eigenvalue weighted by atomic mass is 32.2. The van der Waals surface area contributed by atoms with Crippen LogP contribution in [0.3, 0.4) is 0 Å². The Morgan fingerprint density at radius 1 is 1.47 bits per heavy atom. The molecule has 0 heterocycles. The van der Waals surface area contributed by atoms with Crippen LogP contribution in [0, 0.1) is 11.6 Å². The van der Waals surface area contributed by atoms with Crippen LogP contribution < -0.4 is 0 Å². The predicted molar refractivity (Wildman–Crippen MR) is 63.1 cm³/mol. The maximum absolute atomic E-state index is 13.2. The molecule has 0 amide bonds. The van der Waals surface area contributed by atoms with Crippen molar-refractivity contribution in [2.45, 2.75) is 18.2 Å². The third-order valence-electron chi connectivity index (χ3n) is 2.12. The molecular weight excluding hydrogens is 246 g/mol. The number of thioether (sulfide) groups is 1. The summed E-state index contributed by atoms with van der Waals surface area (Å²) in [5.74, 6) is -1.87. The molecule has 0 spiro atoms. The monoisotopic (exact) mass is 258 g/mol. The molecule has 0 saturated carbocycles. The van der Waals surface area contributed by atoms with Crippen molar-refractivity contribution in [1.29, 1.82) is 0 Å². The van der Waals surface area contributed by atoms with Crippen LogP contribution in [-0.2, 0) is 4.79 Å². The van der Waals surface area contributed by atoms with E-state index >= 15 is 0 Å². The first kappa shape index (κ1) is 13.7. The van der Waals surface area contributed by atoms with Crippen molar-refractivity contribution < 1.29 is 18.7 Å². The SMILES string of the molecule is CCC(=CCSc1ccc(F)cc1F)C(=O)O. The zero-order valence-corrected chi connectivity index (χ0v) is 10.1. The summed E-state index contributed by atoms with van der Waals surface area (Å²) in [4.78, 5) is 11.0. The molecule has 0 fully saturated rings. The first-order valence-electron chi connectivity index (χ1n) is 5.04. The first-order valence-corrected chi connectivity index (χ1v) is 6.03. The summed E-state index contributed by atoms with van der Waals surface area (Å²) < 4.78 is 25.8. The van der Waals surface area contributed by atoms with E-state index in [1.165, 1.54) is 18.2 Å². The van der Waals surface area contributed by atoms with E-state index in [4.69, 9.17) is 5.11 Å². The summed E-state index contributed by atoms with van der Waals surface area (Å²) in [6.45, 7) is 1.74. The minimum Gasteiger partial charge on any atom is -0.478 e. The van der Waals surface area contributed by atoms with Crippen LogP contribution in [0.2, 0.25) is 0 Å². The van der Waals surface area contributed by atoms with Gasteiger partial charge in [0.15, 0.2) is 0 Å². The lowest BCUT2D eigenvalue weighted by Crippen LogP contribution is -1.99. The molecule has 2 nitrogen and oxygen atoms in total. The molecule has 0 bridgehead atoms. The average Bonchev–Trinajstić information content (AvgIpc) is 2.26. The second-order valence-corrected chi connectivity index (χ2v) is 4.34. The van der Waals surface area contributed by atoms with E-state index in [-0.39, 0.29) is 0 Å². The molecule has 1 N–H and O–H groups in total. The molecular formula is C12H12F2O2S. The molecule has 1 rings (SSSR count). The van der Waals surface area contributed by atoms with Crippen LogP contribution in [0.15, 0.2) is 34.7 Å². The number of benzene rings is 1. The Labute approximate surface area is 102 Å². The summed E-state index contributed by atoms with van der Waals surface area (Å²) in [6, 6.07) is 3.33. The first-order chi connectivity index (χ1) is 8.04. The number of hydrogen-bond donors (Lipinski definition) is 1. The van der Waals surface area contributed by atoms with Crippen LogP contribution in [0.25, 0.3) is 0 Å². The van der Waals surface area contributed by atoms with Gasteiger partial charge < -0.3 is 5.11 Å². The number of carboxylic acids is 1. The molecule has 0 aliphatic carbocycles. The third kappa shape index (κ3) is 4.19. The Morgan fingerprint density at radius 2 is 2.18 bits per heavy atom. The number of carbonyl (C=O) groups is 1. The van der Waals surface area contributed by atoms with Gasteiger partial charge in [-0.15, -0.1) is 11.8 Å². The molecule has 0 aliphatic rings. The van der Waals surface area contributed by atoms with Crippen molar-refractivity contribution >= 4 is 17.7 Å². The minimum absolute atomic E-state index is 0.292. The van der Waals surface area contributed by atoms with E-state index < -0.39 is 17.6 Å². The lowest BCUT2D eigenvalue weighted by atomic mass is 10.2. The number of aliphatic carboxylic acids is 1. The van der Waals surface area contributed by atoms with Crippen molar-refractivity contribution in [2.24, 2.45) is 0 Å². The summed E-state index contributed by atoms with van der Waals surface area (Å²) in [5.41, 5.74) is 0.292. The fraction of sp³-hybridized carbons (Fsp3) is 0.250. The zero-order valence-electron chi connectivity index (χ0n) is 9.24. The molecule has 0 saturated heterocycles.